The van der Waals surface area contributed by atoms with Gasteiger partial charge in [-0.1, -0.05) is 19.4 Å². The van der Waals surface area contributed by atoms with Crippen molar-refractivity contribution in [1.29, 1.82) is 0 Å². The maximum Gasteiger partial charge on any atom is 0.0316 e. The molecule has 1 aromatic rings. The van der Waals surface area contributed by atoms with Gasteiger partial charge in [-0.2, -0.15) is 0 Å². The van der Waals surface area contributed by atoms with E-state index >= 15 is 0 Å². The van der Waals surface area contributed by atoms with Gasteiger partial charge in [0.2, 0.25) is 0 Å². The number of unbranched alkanes of at least 4 members (excludes halogenated alkanes) is 1. The molecule has 0 spiro atoms. The first kappa shape index (κ1) is 10.5. The molecule has 82 valence electrons. The molecule has 1 heterocycles. The van der Waals surface area contributed by atoms with Crippen LogP contribution >= 0.6 is 0 Å². The first-order valence-electron chi connectivity index (χ1n) is 5.89. The number of fused-ring (bicyclic) bond motifs is 1. The second kappa shape index (κ2) is 4.67. The van der Waals surface area contributed by atoms with Crippen molar-refractivity contribution in [3.63, 3.8) is 0 Å². The lowest BCUT2D eigenvalue weighted by Gasteiger charge is -2.28. The highest BCUT2D eigenvalue weighted by Crippen LogP contribution is 2.21. The van der Waals surface area contributed by atoms with E-state index in [4.69, 9.17) is 5.73 Å². The maximum absolute atomic E-state index is 5.78. The highest BCUT2D eigenvalue weighted by molar-refractivity contribution is 5.45. The molecule has 1 aromatic carbocycles. The Morgan fingerprint density at radius 1 is 1.33 bits per heavy atom. The molecule has 2 heteroatoms. The zero-order valence-corrected chi connectivity index (χ0v) is 9.50. The van der Waals surface area contributed by atoms with Crippen LogP contribution in [0.1, 0.15) is 30.9 Å². The van der Waals surface area contributed by atoms with Gasteiger partial charge >= 0.3 is 0 Å². The Kier molecular flexibility index (Phi) is 3.27. The van der Waals surface area contributed by atoms with E-state index in [9.17, 15) is 0 Å². The van der Waals surface area contributed by atoms with Gasteiger partial charge in [-0.15, -0.1) is 0 Å². The highest BCUT2D eigenvalue weighted by Gasteiger charge is 2.15. The minimum Gasteiger partial charge on any atom is -0.399 e. The topological polar surface area (TPSA) is 29.3 Å². The summed E-state index contributed by atoms with van der Waals surface area (Å²) in [5.74, 6) is 0. The van der Waals surface area contributed by atoms with E-state index in [1.807, 2.05) is 6.07 Å². The number of nitrogen functional groups attached to an aromatic ring is 1. The molecule has 0 unspecified atom stereocenters. The second-order valence-electron chi connectivity index (χ2n) is 4.41. The lowest BCUT2D eigenvalue weighted by molar-refractivity contribution is 0.250. The monoisotopic (exact) mass is 204 g/mol. The molecule has 0 aliphatic carbocycles. The molecule has 0 amide bonds. The van der Waals surface area contributed by atoms with E-state index in [0.717, 1.165) is 18.7 Å². The number of benzene rings is 1. The Morgan fingerprint density at radius 2 is 2.20 bits per heavy atom. The van der Waals surface area contributed by atoms with Crippen LogP contribution in [0, 0.1) is 0 Å². The van der Waals surface area contributed by atoms with E-state index in [1.54, 1.807) is 0 Å². The van der Waals surface area contributed by atoms with Crippen LogP contribution in [0.25, 0.3) is 0 Å². The van der Waals surface area contributed by atoms with Crippen LogP contribution in [0.4, 0.5) is 5.69 Å². The summed E-state index contributed by atoms with van der Waals surface area (Å²) in [4.78, 5) is 2.54. The standard InChI is InChI=1S/C13H20N2/c1-2-3-7-15-8-6-11-9-13(14)5-4-12(11)10-15/h4-5,9H,2-3,6-8,10,14H2,1H3. The third-order valence-corrected chi connectivity index (χ3v) is 3.15. The van der Waals surface area contributed by atoms with E-state index in [0.29, 0.717) is 0 Å². The van der Waals surface area contributed by atoms with E-state index in [2.05, 4.69) is 24.0 Å². The van der Waals surface area contributed by atoms with Crippen LogP contribution in [0.5, 0.6) is 0 Å². The van der Waals surface area contributed by atoms with Gasteiger partial charge in [-0.3, -0.25) is 4.90 Å². The summed E-state index contributed by atoms with van der Waals surface area (Å²) in [5, 5.41) is 0. The Morgan fingerprint density at radius 3 is 3.00 bits per heavy atom. The largest absolute Gasteiger partial charge is 0.399 e. The van der Waals surface area contributed by atoms with E-state index in [1.165, 1.54) is 37.1 Å². The summed E-state index contributed by atoms with van der Waals surface area (Å²) in [7, 11) is 0. The van der Waals surface area contributed by atoms with Crippen LogP contribution in [0.15, 0.2) is 18.2 Å². The van der Waals surface area contributed by atoms with Gasteiger partial charge in [0.05, 0.1) is 0 Å². The van der Waals surface area contributed by atoms with Crippen molar-refractivity contribution in [1.82, 2.24) is 4.90 Å². The first-order chi connectivity index (χ1) is 7.29. The van der Waals surface area contributed by atoms with Crippen molar-refractivity contribution in [3.05, 3.63) is 29.3 Å². The molecule has 2 nitrogen and oxygen atoms in total. The Bertz CT molecular complexity index is 333. The summed E-state index contributed by atoms with van der Waals surface area (Å²) in [6, 6.07) is 6.33. The lowest BCUT2D eigenvalue weighted by Crippen LogP contribution is -2.31. The number of hydrogen-bond donors (Lipinski definition) is 1. The molecule has 15 heavy (non-hydrogen) atoms. The summed E-state index contributed by atoms with van der Waals surface area (Å²) in [5.41, 5.74) is 9.59. The third kappa shape index (κ3) is 2.51. The van der Waals surface area contributed by atoms with Gasteiger partial charge < -0.3 is 5.73 Å². The Balaban J connectivity index is 2.03. The Hall–Kier alpha value is -1.02. The van der Waals surface area contributed by atoms with Gasteiger partial charge in [-0.05, 0) is 42.6 Å². The van der Waals surface area contributed by atoms with Gasteiger partial charge in [-0.25, -0.2) is 0 Å². The van der Waals surface area contributed by atoms with Crippen molar-refractivity contribution < 1.29 is 0 Å². The van der Waals surface area contributed by atoms with Gasteiger partial charge in [0, 0.05) is 18.8 Å². The van der Waals surface area contributed by atoms with Crippen molar-refractivity contribution in [2.75, 3.05) is 18.8 Å². The predicted molar refractivity (Wildman–Crippen MR) is 64.7 cm³/mol. The molecule has 2 rings (SSSR count). The zero-order valence-electron chi connectivity index (χ0n) is 9.50. The molecule has 0 saturated heterocycles. The van der Waals surface area contributed by atoms with Crippen LogP contribution in [-0.4, -0.2) is 18.0 Å². The fraction of sp³-hybridized carbons (Fsp3) is 0.538. The summed E-state index contributed by atoms with van der Waals surface area (Å²) >= 11 is 0. The fourth-order valence-electron chi connectivity index (χ4n) is 2.20. The van der Waals surface area contributed by atoms with Crippen LogP contribution < -0.4 is 5.73 Å². The molecule has 2 N–H and O–H groups in total. The van der Waals surface area contributed by atoms with Gasteiger partial charge in [0.25, 0.3) is 0 Å². The normalized spacial score (nSPS) is 16.3. The summed E-state index contributed by atoms with van der Waals surface area (Å²) in [6.45, 7) is 5.78. The average Bonchev–Trinajstić information content (AvgIpc) is 2.26. The van der Waals surface area contributed by atoms with Crippen molar-refractivity contribution >= 4 is 5.69 Å². The van der Waals surface area contributed by atoms with Crippen LogP contribution in [-0.2, 0) is 13.0 Å². The minimum atomic E-state index is 0.899. The van der Waals surface area contributed by atoms with E-state index in [-0.39, 0.29) is 0 Å². The fourth-order valence-corrected chi connectivity index (χ4v) is 2.20. The highest BCUT2D eigenvalue weighted by atomic mass is 15.1. The lowest BCUT2D eigenvalue weighted by atomic mass is 9.99. The van der Waals surface area contributed by atoms with Gasteiger partial charge in [0.15, 0.2) is 0 Å². The summed E-state index contributed by atoms with van der Waals surface area (Å²) in [6.07, 6.45) is 3.75. The molecule has 0 atom stereocenters. The quantitative estimate of drug-likeness (QED) is 0.766. The summed E-state index contributed by atoms with van der Waals surface area (Å²) < 4.78 is 0. The molecule has 1 aliphatic heterocycles. The molecular formula is C13H20N2. The molecule has 0 radical (unpaired) electrons. The number of nitrogens with two attached hydrogens (primary N) is 1. The number of nitrogens with zero attached hydrogens (tertiary/aromatic N) is 1. The molecule has 0 saturated carbocycles. The SMILES string of the molecule is CCCCN1CCc2cc(N)ccc2C1. The molecule has 0 fully saturated rings. The van der Waals surface area contributed by atoms with Crippen molar-refractivity contribution in [3.8, 4) is 0 Å². The van der Waals surface area contributed by atoms with Gasteiger partial charge in [0.1, 0.15) is 0 Å². The van der Waals surface area contributed by atoms with E-state index < -0.39 is 0 Å². The number of rotatable bonds is 3. The molecule has 1 aliphatic rings. The number of hydrogen-bond acceptors (Lipinski definition) is 2. The van der Waals surface area contributed by atoms with Crippen LogP contribution in [0.3, 0.4) is 0 Å². The van der Waals surface area contributed by atoms with Crippen LogP contribution in [0.2, 0.25) is 0 Å². The molecule has 0 aromatic heterocycles. The zero-order chi connectivity index (χ0) is 10.7. The molecular weight excluding hydrogens is 184 g/mol. The van der Waals surface area contributed by atoms with Crippen molar-refractivity contribution in [2.24, 2.45) is 0 Å². The predicted octanol–water partition coefficient (Wildman–Crippen LogP) is 2.43. The minimum absolute atomic E-state index is 0.899. The first-order valence-corrected chi connectivity index (χ1v) is 5.89. The smallest absolute Gasteiger partial charge is 0.0316 e. The average molecular weight is 204 g/mol. The third-order valence-electron chi connectivity index (χ3n) is 3.15. The second-order valence-corrected chi connectivity index (χ2v) is 4.41. The Labute approximate surface area is 92.1 Å². The molecule has 0 bridgehead atoms. The maximum atomic E-state index is 5.78. The van der Waals surface area contributed by atoms with Crippen molar-refractivity contribution in [2.45, 2.75) is 32.7 Å². The number of anilines is 1.